The van der Waals surface area contributed by atoms with Crippen molar-refractivity contribution in [2.45, 2.75) is 32.7 Å². The van der Waals surface area contributed by atoms with Crippen molar-refractivity contribution < 1.29 is 0 Å². The molecule has 1 aromatic carbocycles. The third kappa shape index (κ3) is 2.32. The molecule has 0 amide bonds. The van der Waals surface area contributed by atoms with E-state index in [-0.39, 0.29) is 0 Å². The van der Waals surface area contributed by atoms with Crippen LogP contribution in [0.4, 0.5) is 0 Å². The van der Waals surface area contributed by atoms with Crippen LogP contribution in [0.2, 0.25) is 32.7 Å². The van der Waals surface area contributed by atoms with Gasteiger partial charge in [-0.05, 0) is 5.56 Å². The molecule has 0 radical (unpaired) electrons. The number of hydrogen-bond donors (Lipinski definition) is 0. The van der Waals surface area contributed by atoms with Crippen molar-refractivity contribution >= 4 is 26.4 Å². The molecule has 15 heavy (non-hydrogen) atoms. The van der Waals surface area contributed by atoms with Crippen LogP contribution < -0.4 is 5.19 Å². The van der Waals surface area contributed by atoms with Crippen LogP contribution in [-0.4, -0.2) is 15.2 Å². The van der Waals surface area contributed by atoms with E-state index in [1.165, 1.54) is 5.56 Å². The summed E-state index contributed by atoms with van der Waals surface area (Å²) in [6.45, 7) is 16.4. The highest BCUT2D eigenvalue weighted by Crippen LogP contribution is 2.20. The molecule has 0 saturated carbocycles. The number of rotatable bonds is 3. The molecular formula is C13H22Si2. The molecular weight excluding hydrogens is 212 g/mol. The summed E-state index contributed by atoms with van der Waals surface area (Å²) in [4.78, 5) is 0. The second kappa shape index (κ2) is 4.10. The highest BCUT2D eigenvalue weighted by Gasteiger charge is 2.39. The van der Waals surface area contributed by atoms with Gasteiger partial charge in [0.2, 0.25) is 0 Å². The maximum atomic E-state index is 3.92. The first-order valence-electron chi connectivity index (χ1n) is 5.52. The van der Waals surface area contributed by atoms with E-state index < -0.39 is 15.2 Å². The van der Waals surface area contributed by atoms with Crippen LogP contribution in [0.3, 0.4) is 0 Å². The fourth-order valence-electron chi connectivity index (χ4n) is 1.65. The smallest absolute Gasteiger partial charge is 0.0744 e. The Hall–Kier alpha value is -0.606. The molecule has 0 heterocycles. The Kier molecular flexibility index (Phi) is 3.41. The fourth-order valence-corrected chi connectivity index (χ4v) is 6.98. The van der Waals surface area contributed by atoms with Crippen molar-refractivity contribution in [2.24, 2.45) is 0 Å². The summed E-state index contributed by atoms with van der Waals surface area (Å²) in [5.74, 6) is 0. The minimum atomic E-state index is -1.28. The van der Waals surface area contributed by atoms with E-state index in [9.17, 15) is 0 Å². The predicted molar refractivity (Wildman–Crippen MR) is 77.0 cm³/mol. The summed E-state index contributed by atoms with van der Waals surface area (Å²) in [5.41, 5.74) is 1.34. The van der Waals surface area contributed by atoms with Crippen LogP contribution in [0, 0.1) is 0 Å². The molecule has 2 heteroatoms. The first-order valence-corrected chi connectivity index (χ1v) is 13.0. The molecule has 0 atom stereocenters. The maximum Gasteiger partial charge on any atom is 0.0744 e. The largest absolute Gasteiger partial charge is 0.0985 e. The predicted octanol–water partition coefficient (Wildman–Crippen LogP) is 3.66. The van der Waals surface area contributed by atoms with Crippen LogP contribution in [-0.2, 0) is 0 Å². The Balaban J connectivity index is 3.32. The molecule has 0 nitrogen and oxygen atoms in total. The molecule has 0 fully saturated rings. The van der Waals surface area contributed by atoms with Gasteiger partial charge in [-0.1, -0.05) is 74.8 Å². The van der Waals surface area contributed by atoms with E-state index in [1.807, 2.05) is 6.08 Å². The van der Waals surface area contributed by atoms with E-state index in [0.29, 0.717) is 0 Å². The van der Waals surface area contributed by atoms with Crippen molar-refractivity contribution in [3.05, 3.63) is 36.4 Å². The van der Waals surface area contributed by atoms with Gasteiger partial charge in [-0.25, -0.2) is 0 Å². The van der Waals surface area contributed by atoms with Gasteiger partial charge in [0.25, 0.3) is 0 Å². The van der Waals surface area contributed by atoms with Crippen molar-refractivity contribution in [2.75, 3.05) is 0 Å². The Labute approximate surface area is 95.8 Å². The van der Waals surface area contributed by atoms with Crippen molar-refractivity contribution in [3.8, 4) is 0 Å². The molecule has 1 aromatic rings. The minimum absolute atomic E-state index is 1.08. The normalized spacial score (nSPS) is 12.6. The van der Waals surface area contributed by atoms with Gasteiger partial charge in [0.15, 0.2) is 0 Å². The van der Waals surface area contributed by atoms with E-state index in [2.05, 4.69) is 63.6 Å². The Morgan fingerprint density at radius 3 is 2.00 bits per heavy atom. The van der Waals surface area contributed by atoms with Crippen LogP contribution >= 0.6 is 0 Å². The van der Waals surface area contributed by atoms with Gasteiger partial charge in [-0.2, -0.15) is 0 Å². The fraction of sp³-hybridized carbons (Fsp3) is 0.385. The first kappa shape index (κ1) is 12.5. The van der Waals surface area contributed by atoms with Crippen molar-refractivity contribution in [1.29, 1.82) is 0 Å². The zero-order valence-corrected chi connectivity index (χ0v) is 12.6. The highest BCUT2D eigenvalue weighted by molar-refractivity contribution is 7.45. The van der Waals surface area contributed by atoms with Gasteiger partial charge >= 0.3 is 0 Å². The summed E-state index contributed by atoms with van der Waals surface area (Å²) < 4.78 is 0. The van der Waals surface area contributed by atoms with Crippen molar-refractivity contribution in [3.63, 3.8) is 0 Å². The van der Waals surface area contributed by atoms with Gasteiger partial charge in [0.1, 0.15) is 0 Å². The molecule has 0 bridgehead atoms. The Bertz CT molecular complexity index is 359. The van der Waals surface area contributed by atoms with E-state index in [0.717, 1.165) is 0 Å². The minimum Gasteiger partial charge on any atom is -0.0985 e. The van der Waals surface area contributed by atoms with Crippen LogP contribution in [0.1, 0.15) is 5.56 Å². The molecule has 0 aliphatic rings. The average Bonchev–Trinajstić information content (AvgIpc) is 2.16. The molecule has 0 N–H and O–H groups in total. The molecule has 0 aliphatic heterocycles. The van der Waals surface area contributed by atoms with Gasteiger partial charge in [0.05, 0.1) is 7.59 Å². The van der Waals surface area contributed by atoms with Gasteiger partial charge in [-0.15, -0.1) is 0 Å². The first-order chi connectivity index (χ1) is 6.80. The highest BCUT2D eigenvalue weighted by atomic mass is 29.3. The summed E-state index contributed by atoms with van der Waals surface area (Å²) in [5, 5.41) is 1.58. The van der Waals surface area contributed by atoms with Crippen LogP contribution in [0.5, 0.6) is 0 Å². The molecule has 0 saturated heterocycles. The summed E-state index contributed by atoms with van der Waals surface area (Å²) in [6.07, 6.45) is 2.00. The SMILES string of the molecule is C=Cc1ccccc1[Si](C)(C)[Si](C)(C)C. The lowest BCUT2D eigenvalue weighted by Crippen LogP contribution is -2.61. The topological polar surface area (TPSA) is 0 Å². The zero-order valence-electron chi connectivity index (χ0n) is 10.6. The standard InChI is InChI=1S/C13H22Si2/c1-7-12-10-8-9-11-13(12)15(5,6)14(2,3)4/h7-11H,1H2,2-6H3. The van der Waals surface area contributed by atoms with Crippen molar-refractivity contribution in [1.82, 2.24) is 0 Å². The van der Waals surface area contributed by atoms with Gasteiger partial charge in [-0.3, -0.25) is 0 Å². The lowest BCUT2D eigenvalue weighted by molar-refractivity contribution is 1.66. The summed E-state index contributed by atoms with van der Waals surface area (Å²) >= 11 is 0. The molecule has 0 spiro atoms. The third-order valence-corrected chi connectivity index (χ3v) is 21.3. The maximum absolute atomic E-state index is 3.92. The van der Waals surface area contributed by atoms with Gasteiger partial charge in [0, 0.05) is 7.59 Å². The van der Waals surface area contributed by atoms with E-state index in [4.69, 9.17) is 0 Å². The Morgan fingerprint density at radius 1 is 1.00 bits per heavy atom. The molecule has 0 unspecified atom stereocenters. The molecule has 82 valence electrons. The summed E-state index contributed by atoms with van der Waals surface area (Å²) in [6, 6.07) is 8.77. The summed E-state index contributed by atoms with van der Waals surface area (Å²) in [7, 11) is -2.36. The van der Waals surface area contributed by atoms with E-state index in [1.54, 1.807) is 5.19 Å². The average molecular weight is 234 g/mol. The molecule has 0 aromatic heterocycles. The number of benzene rings is 1. The Morgan fingerprint density at radius 2 is 1.53 bits per heavy atom. The third-order valence-electron chi connectivity index (χ3n) is 3.73. The molecule has 0 aliphatic carbocycles. The van der Waals surface area contributed by atoms with Crippen LogP contribution in [0.25, 0.3) is 6.08 Å². The van der Waals surface area contributed by atoms with E-state index >= 15 is 0 Å². The quantitative estimate of drug-likeness (QED) is 0.700. The lowest BCUT2D eigenvalue weighted by Gasteiger charge is -2.36. The second-order valence-electron chi connectivity index (χ2n) is 5.67. The zero-order chi connectivity index (χ0) is 11.7. The van der Waals surface area contributed by atoms with Gasteiger partial charge < -0.3 is 0 Å². The molecule has 1 rings (SSSR count). The number of hydrogen-bond acceptors (Lipinski definition) is 0. The monoisotopic (exact) mass is 234 g/mol. The van der Waals surface area contributed by atoms with Crippen LogP contribution in [0.15, 0.2) is 30.8 Å². The second-order valence-corrected chi connectivity index (χ2v) is 22.2. The lowest BCUT2D eigenvalue weighted by atomic mass is 10.2.